The maximum atomic E-state index is 13.1. The van der Waals surface area contributed by atoms with Gasteiger partial charge in [-0.3, -0.25) is 9.59 Å². The molecule has 0 unspecified atom stereocenters. The van der Waals surface area contributed by atoms with Gasteiger partial charge < -0.3 is 15.0 Å². The highest BCUT2D eigenvalue weighted by Gasteiger charge is 2.27. The lowest BCUT2D eigenvalue weighted by Crippen LogP contribution is -2.35. The van der Waals surface area contributed by atoms with Gasteiger partial charge in [0.05, 0.1) is 17.6 Å². The molecule has 0 bridgehead atoms. The second kappa shape index (κ2) is 11.7. The van der Waals surface area contributed by atoms with Gasteiger partial charge in [0.2, 0.25) is 15.9 Å². The number of rotatable bonds is 7. The van der Waals surface area contributed by atoms with Crippen molar-refractivity contribution >= 4 is 21.8 Å². The van der Waals surface area contributed by atoms with Crippen LogP contribution >= 0.6 is 0 Å². The fourth-order valence-corrected chi connectivity index (χ4v) is 5.86. The molecule has 2 aliphatic heterocycles. The van der Waals surface area contributed by atoms with Crippen LogP contribution in [-0.2, 0) is 14.8 Å². The number of methoxy groups -OCH3 is 1. The Morgan fingerprint density at radius 3 is 2.12 bits per heavy atom. The number of nitrogens with zero attached hydrogens (tertiary/aromatic N) is 2. The van der Waals surface area contributed by atoms with Crippen LogP contribution in [0.3, 0.4) is 0 Å². The third kappa shape index (κ3) is 6.22. The SMILES string of the molecule is COc1ccc(S(=O)(=O)N2CCCCCC2)cc1C(=O)NCCC(=O)N1CCCCCC1. The third-order valence-corrected chi connectivity index (χ3v) is 8.10. The van der Waals surface area contributed by atoms with E-state index < -0.39 is 15.9 Å². The molecule has 2 heterocycles. The normalized spacial score (nSPS) is 18.5. The molecular weight excluding hydrogens is 430 g/mol. The van der Waals surface area contributed by atoms with E-state index in [0.29, 0.717) is 18.8 Å². The standard InChI is InChI=1S/C23H35N3O5S/c1-31-21-11-10-19(32(29,30)26-16-8-4-5-9-17-26)18-20(21)23(28)24-13-12-22(27)25-14-6-2-3-7-15-25/h10-11,18H,2-9,12-17H2,1H3,(H,24,28). The molecule has 8 nitrogen and oxygen atoms in total. The first-order chi connectivity index (χ1) is 15.4. The number of benzene rings is 1. The van der Waals surface area contributed by atoms with Gasteiger partial charge >= 0.3 is 0 Å². The van der Waals surface area contributed by atoms with Crippen molar-refractivity contribution in [2.75, 3.05) is 39.8 Å². The van der Waals surface area contributed by atoms with E-state index in [-0.39, 0.29) is 29.3 Å². The van der Waals surface area contributed by atoms with Gasteiger partial charge in [0.1, 0.15) is 5.75 Å². The summed E-state index contributed by atoms with van der Waals surface area (Å²) < 4.78 is 33.0. The van der Waals surface area contributed by atoms with Gasteiger partial charge in [-0.1, -0.05) is 25.7 Å². The number of sulfonamides is 1. The van der Waals surface area contributed by atoms with Crippen molar-refractivity contribution in [1.29, 1.82) is 0 Å². The number of ether oxygens (including phenoxy) is 1. The van der Waals surface area contributed by atoms with E-state index in [0.717, 1.165) is 64.5 Å². The molecule has 178 valence electrons. The Hall–Kier alpha value is -2.13. The Bertz CT molecular complexity index is 887. The molecule has 0 saturated carbocycles. The minimum absolute atomic E-state index is 0.0386. The molecule has 0 aliphatic carbocycles. The fraction of sp³-hybridized carbons (Fsp3) is 0.652. The van der Waals surface area contributed by atoms with Crippen LogP contribution in [0.15, 0.2) is 23.1 Å². The summed E-state index contributed by atoms with van der Waals surface area (Å²) in [6.45, 7) is 2.73. The molecule has 0 atom stereocenters. The molecule has 0 spiro atoms. The van der Waals surface area contributed by atoms with E-state index in [4.69, 9.17) is 4.74 Å². The second-order valence-corrected chi connectivity index (χ2v) is 10.4. The van der Waals surface area contributed by atoms with Crippen LogP contribution in [0.25, 0.3) is 0 Å². The average molecular weight is 466 g/mol. The second-order valence-electron chi connectivity index (χ2n) is 8.48. The molecular formula is C23H35N3O5S. The minimum atomic E-state index is -3.68. The lowest BCUT2D eigenvalue weighted by atomic mass is 10.2. The van der Waals surface area contributed by atoms with Crippen LogP contribution in [-0.4, -0.2) is 69.3 Å². The maximum absolute atomic E-state index is 13.1. The predicted octanol–water partition coefficient (Wildman–Crippen LogP) is 2.78. The van der Waals surface area contributed by atoms with Gasteiger partial charge in [-0.2, -0.15) is 4.31 Å². The van der Waals surface area contributed by atoms with E-state index in [1.54, 1.807) is 0 Å². The Kier molecular flexibility index (Phi) is 8.92. The average Bonchev–Trinajstić information content (AvgIpc) is 3.24. The van der Waals surface area contributed by atoms with Gasteiger partial charge in [0.15, 0.2) is 0 Å². The Morgan fingerprint density at radius 2 is 1.53 bits per heavy atom. The van der Waals surface area contributed by atoms with Gasteiger partial charge in [-0.15, -0.1) is 0 Å². The molecule has 32 heavy (non-hydrogen) atoms. The monoisotopic (exact) mass is 465 g/mol. The minimum Gasteiger partial charge on any atom is -0.496 e. The molecule has 2 saturated heterocycles. The molecule has 1 N–H and O–H groups in total. The molecule has 0 radical (unpaired) electrons. The number of hydrogen-bond donors (Lipinski definition) is 1. The van der Waals surface area contributed by atoms with Crippen molar-refractivity contribution in [1.82, 2.24) is 14.5 Å². The quantitative estimate of drug-likeness (QED) is 0.668. The van der Waals surface area contributed by atoms with Crippen LogP contribution in [0.1, 0.15) is 68.1 Å². The number of nitrogens with one attached hydrogen (secondary N) is 1. The van der Waals surface area contributed by atoms with Crippen LogP contribution < -0.4 is 10.1 Å². The molecule has 1 aromatic carbocycles. The highest BCUT2D eigenvalue weighted by Crippen LogP contribution is 2.26. The first kappa shape index (κ1) is 24.5. The summed E-state index contributed by atoms with van der Waals surface area (Å²) in [6, 6.07) is 4.38. The molecule has 1 aromatic rings. The number of carbonyl (C=O) groups is 2. The zero-order valence-corrected chi connectivity index (χ0v) is 19.8. The maximum Gasteiger partial charge on any atom is 0.255 e. The van der Waals surface area contributed by atoms with Gasteiger partial charge in [0.25, 0.3) is 5.91 Å². The molecule has 2 fully saturated rings. The van der Waals surface area contributed by atoms with Gasteiger partial charge in [-0.05, 0) is 43.9 Å². The van der Waals surface area contributed by atoms with Crippen LogP contribution in [0.5, 0.6) is 5.75 Å². The van der Waals surface area contributed by atoms with E-state index in [2.05, 4.69) is 5.32 Å². The van der Waals surface area contributed by atoms with Crippen molar-refractivity contribution in [3.8, 4) is 5.75 Å². The van der Waals surface area contributed by atoms with E-state index in [1.807, 2.05) is 4.90 Å². The van der Waals surface area contributed by atoms with Crippen molar-refractivity contribution in [3.63, 3.8) is 0 Å². The number of likely N-dealkylation sites (tertiary alicyclic amines) is 1. The van der Waals surface area contributed by atoms with E-state index >= 15 is 0 Å². The number of hydrogen-bond acceptors (Lipinski definition) is 5. The first-order valence-electron chi connectivity index (χ1n) is 11.7. The van der Waals surface area contributed by atoms with E-state index in [9.17, 15) is 18.0 Å². The lowest BCUT2D eigenvalue weighted by molar-refractivity contribution is -0.131. The summed E-state index contributed by atoms with van der Waals surface area (Å²) in [6.07, 6.45) is 8.30. The van der Waals surface area contributed by atoms with Gasteiger partial charge in [0, 0.05) is 39.1 Å². The van der Waals surface area contributed by atoms with Crippen molar-refractivity contribution in [3.05, 3.63) is 23.8 Å². The number of carbonyl (C=O) groups excluding carboxylic acids is 2. The summed E-state index contributed by atoms with van der Waals surface area (Å²) in [4.78, 5) is 27.2. The molecule has 0 aromatic heterocycles. The molecule has 9 heteroatoms. The third-order valence-electron chi connectivity index (χ3n) is 6.20. The molecule has 2 aliphatic rings. The first-order valence-corrected chi connectivity index (χ1v) is 13.1. The summed E-state index contributed by atoms with van der Waals surface area (Å²) >= 11 is 0. The van der Waals surface area contributed by atoms with E-state index in [1.165, 1.54) is 29.6 Å². The fourth-order valence-electron chi connectivity index (χ4n) is 4.31. The predicted molar refractivity (Wildman–Crippen MR) is 122 cm³/mol. The summed E-state index contributed by atoms with van der Waals surface area (Å²) in [7, 11) is -2.24. The summed E-state index contributed by atoms with van der Waals surface area (Å²) in [5, 5.41) is 2.75. The zero-order valence-electron chi connectivity index (χ0n) is 19.0. The van der Waals surface area contributed by atoms with Gasteiger partial charge in [-0.25, -0.2) is 8.42 Å². The zero-order chi connectivity index (χ0) is 23.0. The molecule has 3 rings (SSSR count). The Labute approximate surface area is 191 Å². The lowest BCUT2D eigenvalue weighted by Gasteiger charge is -2.21. The van der Waals surface area contributed by atoms with Crippen molar-refractivity contribution in [2.45, 2.75) is 62.7 Å². The highest BCUT2D eigenvalue weighted by molar-refractivity contribution is 7.89. The van der Waals surface area contributed by atoms with Crippen molar-refractivity contribution in [2.24, 2.45) is 0 Å². The van der Waals surface area contributed by atoms with Crippen molar-refractivity contribution < 1.29 is 22.7 Å². The van der Waals surface area contributed by atoms with Crippen LogP contribution in [0, 0.1) is 0 Å². The highest BCUT2D eigenvalue weighted by atomic mass is 32.2. The largest absolute Gasteiger partial charge is 0.496 e. The summed E-state index contributed by atoms with van der Waals surface area (Å²) in [5.41, 5.74) is 0.158. The van der Waals surface area contributed by atoms with Crippen LogP contribution in [0.2, 0.25) is 0 Å². The number of amides is 2. The summed E-state index contributed by atoms with van der Waals surface area (Å²) in [5.74, 6) is -0.105. The molecule has 2 amide bonds. The smallest absolute Gasteiger partial charge is 0.255 e. The topological polar surface area (TPSA) is 96.0 Å². The Morgan fingerprint density at radius 1 is 0.938 bits per heavy atom. The Balaban J connectivity index is 1.66. The van der Waals surface area contributed by atoms with Crippen LogP contribution in [0.4, 0.5) is 0 Å².